The van der Waals surface area contributed by atoms with Gasteiger partial charge in [-0.1, -0.05) is 30.3 Å². The summed E-state index contributed by atoms with van der Waals surface area (Å²) in [4.78, 5) is 25.7. The highest BCUT2D eigenvalue weighted by atomic mass is 16.2. The number of benzene rings is 1. The lowest BCUT2D eigenvalue weighted by molar-refractivity contribution is -0.123. The van der Waals surface area contributed by atoms with Crippen LogP contribution in [0.5, 0.6) is 0 Å². The molecule has 3 rings (SSSR count). The molecule has 2 aromatic rings. The summed E-state index contributed by atoms with van der Waals surface area (Å²) in [6.07, 6.45) is 5.63. The van der Waals surface area contributed by atoms with Crippen molar-refractivity contribution >= 4 is 18.0 Å². The van der Waals surface area contributed by atoms with Crippen LogP contribution in [0.25, 0.3) is 6.08 Å². The fraction of sp³-hybridized carbons (Fsp3) is 0.222. The van der Waals surface area contributed by atoms with Crippen LogP contribution in [0.1, 0.15) is 31.0 Å². The first-order chi connectivity index (χ1) is 11.0. The standard InChI is InChI=1S/C18H19N3O2/c1-13(2)20-9-8-15(11-20)10-16-17(22)21(18(23)19-16)12-14-6-4-3-5-7-14/h3-11,13H,12H2,1-2H3,(H,19,23)/b16-10+. The van der Waals surface area contributed by atoms with Crippen LogP contribution in [-0.4, -0.2) is 21.4 Å². The second-order valence-electron chi connectivity index (χ2n) is 5.85. The Hall–Kier alpha value is -2.82. The molecule has 0 aliphatic carbocycles. The van der Waals surface area contributed by atoms with E-state index in [-0.39, 0.29) is 18.5 Å². The number of hydrogen-bond donors (Lipinski definition) is 1. The first-order valence-corrected chi connectivity index (χ1v) is 7.60. The molecule has 1 aromatic carbocycles. The van der Waals surface area contributed by atoms with E-state index in [0.29, 0.717) is 11.7 Å². The number of amides is 3. The van der Waals surface area contributed by atoms with Gasteiger partial charge < -0.3 is 9.88 Å². The third-order valence-corrected chi connectivity index (χ3v) is 3.79. The number of nitrogens with one attached hydrogen (secondary N) is 1. The van der Waals surface area contributed by atoms with E-state index in [0.717, 1.165) is 11.1 Å². The Morgan fingerprint density at radius 2 is 1.87 bits per heavy atom. The highest BCUT2D eigenvalue weighted by molar-refractivity contribution is 6.13. The van der Waals surface area contributed by atoms with Crippen molar-refractivity contribution in [2.45, 2.75) is 26.4 Å². The molecule has 0 radical (unpaired) electrons. The van der Waals surface area contributed by atoms with Crippen molar-refractivity contribution in [1.82, 2.24) is 14.8 Å². The molecule has 23 heavy (non-hydrogen) atoms. The van der Waals surface area contributed by atoms with Gasteiger partial charge in [0.25, 0.3) is 5.91 Å². The second kappa shape index (κ2) is 6.12. The van der Waals surface area contributed by atoms with E-state index in [1.807, 2.05) is 48.8 Å². The van der Waals surface area contributed by atoms with Gasteiger partial charge in [-0.3, -0.25) is 9.69 Å². The Morgan fingerprint density at radius 3 is 2.52 bits per heavy atom. The first kappa shape index (κ1) is 15.1. The topological polar surface area (TPSA) is 54.3 Å². The van der Waals surface area contributed by atoms with Crippen molar-refractivity contribution in [1.29, 1.82) is 0 Å². The van der Waals surface area contributed by atoms with Crippen LogP contribution in [0.3, 0.4) is 0 Å². The largest absolute Gasteiger partial charge is 0.351 e. The fourth-order valence-corrected chi connectivity index (χ4v) is 2.48. The van der Waals surface area contributed by atoms with Gasteiger partial charge in [0.15, 0.2) is 0 Å². The summed E-state index contributed by atoms with van der Waals surface area (Å²) in [5, 5.41) is 2.65. The Kier molecular flexibility index (Phi) is 4.02. The van der Waals surface area contributed by atoms with Crippen molar-refractivity contribution in [2.75, 3.05) is 0 Å². The average molecular weight is 309 g/mol. The number of aromatic nitrogens is 1. The van der Waals surface area contributed by atoms with Crippen LogP contribution in [0.4, 0.5) is 4.79 Å². The molecule has 3 amide bonds. The summed E-state index contributed by atoms with van der Waals surface area (Å²) in [5.74, 6) is -0.295. The maximum atomic E-state index is 12.4. The van der Waals surface area contributed by atoms with Crippen LogP contribution >= 0.6 is 0 Å². The highest BCUT2D eigenvalue weighted by Crippen LogP contribution is 2.18. The zero-order valence-electron chi connectivity index (χ0n) is 13.2. The van der Waals surface area contributed by atoms with Crippen LogP contribution in [0.15, 0.2) is 54.5 Å². The van der Waals surface area contributed by atoms with Crippen LogP contribution in [0, 0.1) is 0 Å². The molecule has 5 heteroatoms. The predicted octanol–water partition coefficient (Wildman–Crippen LogP) is 3.16. The Morgan fingerprint density at radius 1 is 1.13 bits per heavy atom. The van der Waals surface area contributed by atoms with E-state index < -0.39 is 0 Å². The van der Waals surface area contributed by atoms with Crippen LogP contribution in [-0.2, 0) is 11.3 Å². The monoisotopic (exact) mass is 309 g/mol. The lowest BCUT2D eigenvalue weighted by atomic mass is 10.2. The van der Waals surface area contributed by atoms with Gasteiger partial charge in [0.05, 0.1) is 6.54 Å². The normalized spacial score (nSPS) is 16.5. The van der Waals surface area contributed by atoms with Crippen molar-refractivity contribution in [2.24, 2.45) is 0 Å². The van der Waals surface area contributed by atoms with E-state index in [2.05, 4.69) is 23.7 Å². The summed E-state index contributed by atoms with van der Waals surface area (Å²) in [5.41, 5.74) is 2.12. The van der Waals surface area contributed by atoms with E-state index >= 15 is 0 Å². The minimum absolute atomic E-state index is 0.274. The molecule has 0 unspecified atom stereocenters. The molecule has 0 bridgehead atoms. The SMILES string of the molecule is CC(C)n1ccc(/C=C2/NC(=O)N(Cc3ccccc3)C2=O)c1. The lowest BCUT2D eigenvalue weighted by Gasteiger charge is -2.11. The van der Waals surface area contributed by atoms with Crippen molar-refractivity contribution in [3.05, 3.63) is 65.6 Å². The van der Waals surface area contributed by atoms with Crippen LogP contribution in [0.2, 0.25) is 0 Å². The third kappa shape index (κ3) is 3.18. The molecule has 0 saturated carbocycles. The molecule has 0 spiro atoms. The molecule has 1 aromatic heterocycles. The van der Waals surface area contributed by atoms with E-state index in [1.54, 1.807) is 6.08 Å². The molecule has 1 N–H and O–H groups in total. The summed E-state index contributed by atoms with van der Waals surface area (Å²) >= 11 is 0. The molecule has 1 aliphatic rings. The predicted molar refractivity (Wildman–Crippen MR) is 88.3 cm³/mol. The van der Waals surface area contributed by atoms with Crippen molar-refractivity contribution in [3.63, 3.8) is 0 Å². The van der Waals surface area contributed by atoms with Gasteiger partial charge in [0.1, 0.15) is 5.70 Å². The highest BCUT2D eigenvalue weighted by Gasteiger charge is 2.33. The molecule has 0 atom stereocenters. The lowest BCUT2D eigenvalue weighted by Crippen LogP contribution is -2.30. The maximum absolute atomic E-state index is 12.4. The maximum Gasteiger partial charge on any atom is 0.329 e. The van der Waals surface area contributed by atoms with Gasteiger partial charge in [0.2, 0.25) is 0 Å². The molecule has 1 aliphatic heterocycles. The van der Waals surface area contributed by atoms with Gasteiger partial charge in [-0.05, 0) is 37.1 Å². The third-order valence-electron chi connectivity index (χ3n) is 3.79. The van der Waals surface area contributed by atoms with E-state index in [1.165, 1.54) is 4.90 Å². The smallest absolute Gasteiger partial charge is 0.329 e. The van der Waals surface area contributed by atoms with E-state index in [4.69, 9.17) is 0 Å². The molecule has 1 saturated heterocycles. The molecule has 118 valence electrons. The summed E-state index contributed by atoms with van der Waals surface area (Å²) in [6, 6.07) is 11.4. The first-order valence-electron chi connectivity index (χ1n) is 7.60. The zero-order valence-corrected chi connectivity index (χ0v) is 13.2. The summed E-state index contributed by atoms with van der Waals surface area (Å²) in [6.45, 7) is 4.44. The van der Waals surface area contributed by atoms with Crippen LogP contribution < -0.4 is 5.32 Å². The van der Waals surface area contributed by atoms with Gasteiger partial charge in [-0.2, -0.15) is 0 Å². The molecule has 1 fully saturated rings. The van der Waals surface area contributed by atoms with Gasteiger partial charge >= 0.3 is 6.03 Å². The van der Waals surface area contributed by atoms with Crippen molar-refractivity contribution < 1.29 is 9.59 Å². The number of hydrogen-bond acceptors (Lipinski definition) is 2. The Balaban J connectivity index is 1.78. The molecular formula is C18H19N3O2. The quantitative estimate of drug-likeness (QED) is 0.696. The second-order valence-corrected chi connectivity index (χ2v) is 5.85. The van der Waals surface area contributed by atoms with Gasteiger partial charge in [-0.25, -0.2) is 4.79 Å². The Bertz CT molecular complexity index is 760. The van der Waals surface area contributed by atoms with E-state index in [9.17, 15) is 9.59 Å². The zero-order chi connectivity index (χ0) is 16.4. The number of imide groups is 1. The average Bonchev–Trinajstić information content (AvgIpc) is 3.10. The molecule has 5 nitrogen and oxygen atoms in total. The summed E-state index contributed by atoms with van der Waals surface area (Å²) < 4.78 is 2.05. The van der Waals surface area contributed by atoms with Crippen molar-refractivity contribution in [3.8, 4) is 0 Å². The van der Waals surface area contributed by atoms with Gasteiger partial charge in [0, 0.05) is 18.4 Å². The minimum atomic E-state index is -0.381. The number of nitrogens with zero attached hydrogens (tertiary/aromatic N) is 2. The minimum Gasteiger partial charge on any atom is -0.351 e. The molecule has 2 heterocycles. The Labute approximate surface area is 135 Å². The summed E-state index contributed by atoms with van der Waals surface area (Å²) in [7, 11) is 0. The number of rotatable bonds is 4. The van der Waals surface area contributed by atoms with Gasteiger partial charge in [-0.15, -0.1) is 0 Å². The number of carbonyl (C=O) groups excluding carboxylic acids is 2. The fourth-order valence-electron chi connectivity index (χ4n) is 2.48. The number of urea groups is 1. The molecular weight excluding hydrogens is 290 g/mol. The number of carbonyl (C=O) groups is 2.